The quantitative estimate of drug-likeness (QED) is 0.939. The molecule has 2 aromatic heterocycles. The lowest BCUT2D eigenvalue weighted by Crippen LogP contribution is -2.45. The molecule has 0 radical (unpaired) electrons. The van der Waals surface area contributed by atoms with Crippen LogP contribution in [0.4, 0.5) is 13.2 Å². The molecular formula is C15H18F3N3. The zero-order chi connectivity index (χ0) is 14.9. The van der Waals surface area contributed by atoms with Gasteiger partial charge >= 0.3 is 6.18 Å². The van der Waals surface area contributed by atoms with Gasteiger partial charge in [0, 0.05) is 25.0 Å². The average Bonchev–Trinajstić information content (AvgIpc) is 2.87. The van der Waals surface area contributed by atoms with Crippen molar-refractivity contribution in [3.63, 3.8) is 0 Å². The summed E-state index contributed by atoms with van der Waals surface area (Å²) in [5.74, 6) is -1.23. The van der Waals surface area contributed by atoms with Crippen LogP contribution in [-0.4, -0.2) is 21.6 Å². The molecule has 2 heterocycles. The van der Waals surface area contributed by atoms with Gasteiger partial charge in [0.1, 0.15) is 5.65 Å². The normalized spacial score (nSPS) is 23.6. The Labute approximate surface area is 121 Å². The number of fused-ring (bicyclic) bond motifs is 1. The molecule has 1 fully saturated rings. The van der Waals surface area contributed by atoms with Gasteiger partial charge in [-0.25, -0.2) is 4.98 Å². The lowest BCUT2D eigenvalue weighted by Gasteiger charge is -2.33. The lowest BCUT2D eigenvalue weighted by atomic mass is 9.84. The number of halogens is 3. The van der Waals surface area contributed by atoms with Gasteiger partial charge in [-0.15, -0.1) is 0 Å². The first-order valence-corrected chi connectivity index (χ1v) is 7.27. The van der Waals surface area contributed by atoms with Crippen molar-refractivity contribution < 1.29 is 13.2 Å². The van der Waals surface area contributed by atoms with E-state index in [0.717, 1.165) is 17.8 Å². The van der Waals surface area contributed by atoms with Gasteiger partial charge < -0.3 is 9.72 Å². The highest BCUT2D eigenvalue weighted by atomic mass is 19.4. The molecule has 2 aromatic rings. The first-order chi connectivity index (χ1) is 10.0. The first kappa shape index (κ1) is 14.4. The van der Waals surface area contributed by atoms with E-state index in [-0.39, 0.29) is 6.42 Å². The maximum atomic E-state index is 13.0. The number of nitrogens with one attached hydrogen (secondary N) is 1. The van der Waals surface area contributed by atoms with E-state index in [2.05, 4.69) is 10.3 Å². The second-order valence-electron chi connectivity index (χ2n) is 5.62. The average molecular weight is 297 g/mol. The first-order valence-electron chi connectivity index (χ1n) is 7.27. The van der Waals surface area contributed by atoms with E-state index >= 15 is 0 Å². The fourth-order valence-corrected chi connectivity index (χ4v) is 3.08. The minimum Gasteiger partial charge on any atom is -0.308 e. The van der Waals surface area contributed by atoms with E-state index in [0.29, 0.717) is 19.4 Å². The van der Waals surface area contributed by atoms with E-state index in [9.17, 15) is 13.2 Å². The highest BCUT2D eigenvalue weighted by Gasteiger charge is 2.45. The topological polar surface area (TPSA) is 29.3 Å². The molecule has 1 N–H and O–H groups in total. The molecule has 1 aliphatic rings. The van der Waals surface area contributed by atoms with E-state index in [4.69, 9.17) is 0 Å². The van der Waals surface area contributed by atoms with Gasteiger partial charge in [0.15, 0.2) is 0 Å². The molecule has 1 saturated carbocycles. The summed E-state index contributed by atoms with van der Waals surface area (Å²) in [6, 6.07) is 5.17. The summed E-state index contributed by atoms with van der Waals surface area (Å²) in [5, 5.41) is 3.06. The maximum absolute atomic E-state index is 13.0. The molecule has 0 spiro atoms. The Bertz CT molecular complexity index is 572. The van der Waals surface area contributed by atoms with Crippen LogP contribution in [0.2, 0.25) is 0 Å². The van der Waals surface area contributed by atoms with Gasteiger partial charge in [-0.1, -0.05) is 18.9 Å². The SMILES string of the molecule is FC(F)(F)C1CCCCC1NCc1cn2ccccc2n1. The largest absolute Gasteiger partial charge is 0.393 e. The number of alkyl halides is 3. The molecule has 1 aliphatic carbocycles. The van der Waals surface area contributed by atoms with Crippen LogP contribution in [0.15, 0.2) is 30.6 Å². The van der Waals surface area contributed by atoms with Crippen LogP contribution < -0.4 is 5.32 Å². The highest BCUT2D eigenvalue weighted by Crippen LogP contribution is 2.37. The summed E-state index contributed by atoms with van der Waals surface area (Å²) in [6.07, 6.45) is 1.95. The Morgan fingerprint density at radius 3 is 2.81 bits per heavy atom. The summed E-state index contributed by atoms with van der Waals surface area (Å²) < 4.78 is 40.9. The number of hydrogen-bond acceptors (Lipinski definition) is 2. The summed E-state index contributed by atoms with van der Waals surface area (Å²) in [7, 11) is 0. The van der Waals surface area contributed by atoms with Crippen molar-refractivity contribution in [1.29, 1.82) is 0 Å². The van der Waals surface area contributed by atoms with E-state index in [1.165, 1.54) is 0 Å². The van der Waals surface area contributed by atoms with Crippen LogP contribution >= 0.6 is 0 Å². The fraction of sp³-hybridized carbons (Fsp3) is 0.533. The molecule has 114 valence electrons. The number of aromatic nitrogens is 2. The van der Waals surface area contributed by atoms with Gasteiger partial charge in [-0.3, -0.25) is 0 Å². The van der Waals surface area contributed by atoms with Gasteiger partial charge in [0.25, 0.3) is 0 Å². The van der Waals surface area contributed by atoms with Gasteiger partial charge in [0.05, 0.1) is 11.6 Å². The summed E-state index contributed by atoms with van der Waals surface area (Å²) in [4.78, 5) is 4.40. The van der Waals surface area contributed by atoms with Crippen molar-refractivity contribution in [3.8, 4) is 0 Å². The van der Waals surface area contributed by atoms with Crippen LogP contribution in [0.5, 0.6) is 0 Å². The molecule has 0 saturated heterocycles. The van der Waals surface area contributed by atoms with Crippen molar-refractivity contribution in [3.05, 3.63) is 36.3 Å². The van der Waals surface area contributed by atoms with Gasteiger partial charge in [-0.05, 0) is 25.0 Å². The standard InChI is InChI=1S/C15H18F3N3/c16-15(17,18)12-5-1-2-6-13(12)19-9-11-10-21-8-4-3-7-14(21)20-11/h3-4,7-8,10,12-13,19H,1-2,5-6,9H2. The zero-order valence-electron chi connectivity index (χ0n) is 11.6. The molecule has 0 aliphatic heterocycles. The lowest BCUT2D eigenvalue weighted by molar-refractivity contribution is -0.189. The number of hydrogen-bond donors (Lipinski definition) is 1. The molecule has 0 amide bonds. The Morgan fingerprint density at radius 2 is 2.05 bits per heavy atom. The molecule has 3 nitrogen and oxygen atoms in total. The highest BCUT2D eigenvalue weighted by molar-refractivity contribution is 5.39. The minimum absolute atomic E-state index is 0.229. The van der Waals surface area contributed by atoms with Crippen LogP contribution in [0.25, 0.3) is 5.65 Å². The molecule has 3 rings (SSSR count). The fourth-order valence-electron chi connectivity index (χ4n) is 3.08. The van der Waals surface area contributed by atoms with Crippen molar-refractivity contribution >= 4 is 5.65 Å². The number of imidazole rings is 1. The van der Waals surface area contributed by atoms with Crippen molar-refractivity contribution in [2.24, 2.45) is 5.92 Å². The van der Waals surface area contributed by atoms with Crippen molar-refractivity contribution in [1.82, 2.24) is 14.7 Å². The Hall–Kier alpha value is -1.56. The predicted octanol–water partition coefficient (Wildman–Crippen LogP) is 3.55. The summed E-state index contributed by atoms with van der Waals surface area (Å²) >= 11 is 0. The smallest absolute Gasteiger partial charge is 0.308 e. The third-order valence-corrected chi connectivity index (χ3v) is 4.15. The Kier molecular flexibility index (Phi) is 3.89. The maximum Gasteiger partial charge on any atom is 0.393 e. The van der Waals surface area contributed by atoms with Crippen LogP contribution in [0, 0.1) is 5.92 Å². The third-order valence-electron chi connectivity index (χ3n) is 4.15. The van der Waals surface area contributed by atoms with Crippen molar-refractivity contribution in [2.45, 2.75) is 44.4 Å². The Balaban J connectivity index is 1.68. The molecule has 0 aromatic carbocycles. The third kappa shape index (κ3) is 3.20. The summed E-state index contributed by atoms with van der Waals surface area (Å²) in [6.45, 7) is 0.374. The van der Waals surface area contributed by atoms with E-state index in [1.54, 1.807) is 0 Å². The zero-order valence-corrected chi connectivity index (χ0v) is 11.6. The second-order valence-corrected chi connectivity index (χ2v) is 5.62. The molecule has 21 heavy (non-hydrogen) atoms. The number of pyridine rings is 1. The van der Waals surface area contributed by atoms with Crippen LogP contribution in [-0.2, 0) is 6.54 Å². The minimum atomic E-state index is -4.11. The monoisotopic (exact) mass is 297 g/mol. The second kappa shape index (κ2) is 5.67. The van der Waals surface area contributed by atoms with Crippen LogP contribution in [0.1, 0.15) is 31.4 Å². The number of nitrogens with zero attached hydrogens (tertiary/aromatic N) is 2. The molecule has 2 unspecified atom stereocenters. The molecular weight excluding hydrogens is 279 g/mol. The van der Waals surface area contributed by atoms with Crippen LogP contribution in [0.3, 0.4) is 0 Å². The predicted molar refractivity (Wildman–Crippen MR) is 73.8 cm³/mol. The van der Waals surface area contributed by atoms with Gasteiger partial charge in [-0.2, -0.15) is 13.2 Å². The molecule has 6 heteroatoms. The van der Waals surface area contributed by atoms with E-state index in [1.807, 2.05) is 35.0 Å². The van der Waals surface area contributed by atoms with Gasteiger partial charge in [0.2, 0.25) is 0 Å². The Morgan fingerprint density at radius 1 is 1.24 bits per heavy atom. The summed E-state index contributed by atoms with van der Waals surface area (Å²) in [5.41, 5.74) is 1.58. The van der Waals surface area contributed by atoms with Crippen molar-refractivity contribution in [2.75, 3.05) is 0 Å². The molecule has 0 bridgehead atoms. The number of rotatable bonds is 3. The van der Waals surface area contributed by atoms with E-state index < -0.39 is 18.1 Å². The molecule has 2 atom stereocenters.